The maximum atomic E-state index is 5.29. The molecule has 1 fully saturated rings. The minimum Gasteiger partial charge on any atom is -0.383 e. The fourth-order valence-corrected chi connectivity index (χ4v) is 1.56. The standard InChI is InChI=1S/C9H17NO/c1-6(2)10-7-8(11-5)9(7,3)4/h7-8,10H,1H2,2-5H3. The highest BCUT2D eigenvalue weighted by Gasteiger charge is 2.58. The van der Waals surface area contributed by atoms with Crippen molar-refractivity contribution in [2.75, 3.05) is 7.11 Å². The number of allylic oxidation sites excluding steroid dienone is 1. The molecule has 0 heterocycles. The lowest BCUT2D eigenvalue weighted by molar-refractivity contribution is 0.150. The average molecular weight is 155 g/mol. The van der Waals surface area contributed by atoms with E-state index in [0.717, 1.165) is 5.70 Å². The monoisotopic (exact) mass is 155 g/mol. The molecular weight excluding hydrogens is 138 g/mol. The Hall–Kier alpha value is -0.500. The average Bonchev–Trinajstić information content (AvgIpc) is 2.33. The Morgan fingerprint density at radius 2 is 2.09 bits per heavy atom. The molecule has 0 spiro atoms. The van der Waals surface area contributed by atoms with Gasteiger partial charge in [0.05, 0.1) is 12.1 Å². The van der Waals surface area contributed by atoms with E-state index in [9.17, 15) is 0 Å². The summed E-state index contributed by atoms with van der Waals surface area (Å²) in [5, 5.41) is 3.29. The van der Waals surface area contributed by atoms with Crippen molar-refractivity contribution in [3.63, 3.8) is 0 Å². The zero-order valence-corrected chi connectivity index (χ0v) is 7.77. The van der Waals surface area contributed by atoms with E-state index < -0.39 is 0 Å². The van der Waals surface area contributed by atoms with Crippen LogP contribution in [-0.4, -0.2) is 19.3 Å². The smallest absolute Gasteiger partial charge is 0.0849 e. The van der Waals surface area contributed by atoms with Crippen LogP contribution in [0.4, 0.5) is 0 Å². The van der Waals surface area contributed by atoms with Crippen molar-refractivity contribution in [2.45, 2.75) is 32.9 Å². The van der Waals surface area contributed by atoms with E-state index in [1.807, 2.05) is 6.92 Å². The largest absolute Gasteiger partial charge is 0.383 e. The van der Waals surface area contributed by atoms with Gasteiger partial charge in [-0.05, 0) is 6.92 Å². The van der Waals surface area contributed by atoms with Gasteiger partial charge in [0.2, 0.25) is 0 Å². The molecule has 0 bridgehead atoms. The zero-order chi connectivity index (χ0) is 8.65. The SMILES string of the molecule is C=C(C)NC1C(OC)C1(C)C. The third-order valence-corrected chi connectivity index (χ3v) is 2.38. The second kappa shape index (κ2) is 2.52. The molecule has 1 aliphatic rings. The summed E-state index contributed by atoms with van der Waals surface area (Å²) < 4.78 is 5.29. The summed E-state index contributed by atoms with van der Waals surface area (Å²) in [6.45, 7) is 10.2. The van der Waals surface area contributed by atoms with Gasteiger partial charge in [0.1, 0.15) is 0 Å². The molecule has 1 N–H and O–H groups in total. The second-order valence-electron chi connectivity index (χ2n) is 3.88. The van der Waals surface area contributed by atoms with Crippen LogP contribution in [0.15, 0.2) is 12.3 Å². The minimum absolute atomic E-state index is 0.272. The lowest BCUT2D eigenvalue weighted by Crippen LogP contribution is -2.18. The Bertz CT molecular complexity index is 174. The highest BCUT2D eigenvalue weighted by Crippen LogP contribution is 2.47. The third-order valence-electron chi connectivity index (χ3n) is 2.38. The molecule has 2 nitrogen and oxygen atoms in total. The van der Waals surface area contributed by atoms with Gasteiger partial charge in [-0.15, -0.1) is 0 Å². The summed E-state index contributed by atoms with van der Waals surface area (Å²) in [4.78, 5) is 0. The predicted octanol–water partition coefficient (Wildman–Crippen LogP) is 1.53. The van der Waals surface area contributed by atoms with E-state index in [1.54, 1.807) is 7.11 Å². The Balaban J connectivity index is 2.46. The van der Waals surface area contributed by atoms with Gasteiger partial charge in [-0.2, -0.15) is 0 Å². The normalized spacial score (nSPS) is 33.1. The van der Waals surface area contributed by atoms with Gasteiger partial charge in [-0.25, -0.2) is 0 Å². The zero-order valence-electron chi connectivity index (χ0n) is 7.77. The van der Waals surface area contributed by atoms with Gasteiger partial charge in [0.25, 0.3) is 0 Å². The summed E-state index contributed by atoms with van der Waals surface area (Å²) in [5.74, 6) is 0. The van der Waals surface area contributed by atoms with Gasteiger partial charge >= 0.3 is 0 Å². The van der Waals surface area contributed by atoms with Crippen LogP contribution in [0.25, 0.3) is 0 Å². The molecule has 0 aromatic rings. The molecule has 0 aromatic heterocycles. The van der Waals surface area contributed by atoms with E-state index in [-0.39, 0.29) is 5.41 Å². The predicted molar refractivity (Wildman–Crippen MR) is 46.3 cm³/mol. The molecular formula is C9H17NO. The van der Waals surface area contributed by atoms with Crippen molar-refractivity contribution >= 4 is 0 Å². The number of hydrogen-bond donors (Lipinski definition) is 1. The van der Waals surface area contributed by atoms with Crippen LogP contribution in [0.3, 0.4) is 0 Å². The number of rotatable bonds is 3. The molecule has 0 saturated heterocycles. The van der Waals surface area contributed by atoms with Crippen LogP contribution in [-0.2, 0) is 4.74 Å². The van der Waals surface area contributed by atoms with Crippen LogP contribution >= 0.6 is 0 Å². The van der Waals surface area contributed by atoms with Crippen molar-refractivity contribution in [3.8, 4) is 0 Å². The molecule has 1 saturated carbocycles. The fourth-order valence-electron chi connectivity index (χ4n) is 1.56. The first-order chi connectivity index (χ1) is 5.00. The lowest BCUT2D eigenvalue weighted by Gasteiger charge is -2.04. The maximum Gasteiger partial charge on any atom is 0.0849 e. The van der Waals surface area contributed by atoms with Crippen LogP contribution in [0.1, 0.15) is 20.8 Å². The van der Waals surface area contributed by atoms with Gasteiger partial charge in [0, 0.05) is 18.2 Å². The van der Waals surface area contributed by atoms with E-state index in [4.69, 9.17) is 4.74 Å². The Morgan fingerprint density at radius 3 is 2.36 bits per heavy atom. The lowest BCUT2D eigenvalue weighted by atomic mass is 10.2. The Kier molecular flexibility index (Phi) is 1.97. The number of hydrogen-bond acceptors (Lipinski definition) is 2. The van der Waals surface area contributed by atoms with Crippen molar-refractivity contribution < 1.29 is 4.74 Å². The third kappa shape index (κ3) is 1.41. The summed E-state index contributed by atoms with van der Waals surface area (Å²) in [7, 11) is 1.76. The maximum absolute atomic E-state index is 5.29. The highest BCUT2D eigenvalue weighted by atomic mass is 16.5. The number of methoxy groups -OCH3 is 1. The highest BCUT2D eigenvalue weighted by molar-refractivity contribution is 5.16. The molecule has 0 aliphatic heterocycles. The van der Waals surface area contributed by atoms with Crippen LogP contribution in [0, 0.1) is 5.41 Å². The van der Waals surface area contributed by atoms with Crippen LogP contribution in [0.2, 0.25) is 0 Å². The molecule has 2 atom stereocenters. The Labute approximate surface area is 68.6 Å². The molecule has 1 rings (SSSR count). The summed E-state index contributed by atoms with van der Waals surface area (Å²) in [6.07, 6.45) is 0.346. The molecule has 0 amide bonds. The second-order valence-corrected chi connectivity index (χ2v) is 3.88. The summed E-state index contributed by atoms with van der Waals surface area (Å²) in [5.41, 5.74) is 1.29. The van der Waals surface area contributed by atoms with E-state index >= 15 is 0 Å². The van der Waals surface area contributed by atoms with Gasteiger partial charge < -0.3 is 10.1 Å². The molecule has 2 unspecified atom stereocenters. The van der Waals surface area contributed by atoms with Gasteiger partial charge in [-0.3, -0.25) is 0 Å². The van der Waals surface area contributed by atoms with Crippen LogP contribution < -0.4 is 5.32 Å². The van der Waals surface area contributed by atoms with Crippen molar-refractivity contribution in [1.82, 2.24) is 5.32 Å². The first-order valence-corrected chi connectivity index (χ1v) is 3.95. The van der Waals surface area contributed by atoms with Crippen molar-refractivity contribution in [3.05, 3.63) is 12.3 Å². The summed E-state index contributed by atoms with van der Waals surface area (Å²) in [6, 6.07) is 0.449. The van der Waals surface area contributed by atoms with Gasteiger partial charge in [0.15, 0.2) is 0 Å². The van der Waals surface area contributed by atoms with E-state index in [0.29, 0.717) is 12.1 Å². The molecule has 1 aliphatic carbocycles. The fraction of sp³-hybridized carbons (Fsp3) is 0.778. The molecule has 11 heavy (non-hydrogen) atoms. The first-order valence-electron chi connectivity index (χ1n) is 3.95. The van der Waals surface area contributed by atoms with Crippen molar-refractivity contribution in [2.24, 2.45) is 5.41 Å². The molecule has 0 radical (unpaired) electrons. The van der Waals surface area contributed by atoms with Crippen LogP contribution in [0.5, 0.6) is 0 Å². The van der Waals surface area contributed by atoms with E-state index in [2.05, 4.69) is 25.7 Å². The molecule has 0 aromatic carbocycles. The quantitative estimate of drug-likeness (QED) is 0.667. The topological polar surface area (TPSA) is 21.3 Å². The van der Waals surface area contributed by atoms with Crippen molar-refractivity contribution in [1.29, 1.82) is 0 Å². The number of nitrogens with one attached hydrogen (secondary N) is 1. The number of ether oxygens (including phenoxy) is 1. The molecule has 2 heteroatoms. The first kappa shape index (κ1) is 8.60. The summed E-state index contributed by atoms with van der Waals surface area (Å²) >= 11 is 0. The Morgan fingerprint density at radius 1 is 1.55 bits per heavy atom. The molecule has 64 valence electrons. The minimum atomic E-state index is 0.272. The van der Waals surface area contributed by atoms with Gasteiger partial charge in [-0.1, -0.05) is 20.4 Å². The van der Waals surface area contributed by atoms with E-state index in [1.165, 1.54) is 0 Å².